The van der Waals surface area contributed by atoms with Gasteiger partial charge in [0.05, 0.1) is 11.7 Å². The largest absolute Gasteiger partial charge is 0.481 e. The number of ether oxygens (including phenoxy) is 3. The molecule has 5 heteroatoms. The van der Waals surface area contributed by atoms with E-state index < -0.39 is 5.97 Å². The number of Topliss-reactive ketones (excluding diaryl/α,β-unsaturated/α-hetero) is 1. The van der Waals surface area contributed by atoms with Gasteiger partial charge in [0.15, 0.2) is 12.4 Å². The minimum atomic E-state index is -0.442. The molecule has 0 radical (unpaired) electrons. The number of carbonyl (C=O) groups excluding carboxylic acids is 2. The Hall–Kier alpha value is -3.08. The van der Waals surface area contributed by atoms with Crippen LogP contribution >= 0.6 is 0 Å². The lowest BCUT2D eigenvalue weighted by Gasteiger charge is -2.12. The molecule has 0 atom stereocenters. The summed E-state index contributed by atoms with van der Waals surface area (Å²) in [6.07, 6.45) is 2.50. The van der Waals surface area contributed by atoms with Crippen LogP contribution in [0.5, 0.6) is 11.5 Å². The highest BCUT2D eigenvalue weighted by molar-refractivity contribution is 6.14. The van der Waals surface area contributed by atoms with Crippen molar-refractivity contribution in [3.8, 4) is 11.5 Å². The molecule has 5 nitrogen and oxygen atoms in total. The van der Waals surface area contributed by atoms with Crippen molar-refractivity contribution < 1.29 is 23.8 Å². The van der Waals surface area contributed by atoms with Crippen LogP contribution in [0.25, 0.3) is 6.08 Å². The van der Waals surface area contributed by atoms with Crippen LogP contribution in [0.4, 0.5) is 0 Å². The van der Waals surface area contributed by atoms with Crippen molar-refractivity contribution in [3.63, 3.8) is 0 Å². The Morgan fingerprint density at radius 2 is 1.86 bits per heavy atom. The van der Waals surface area contributed by atoms with Gasteiger partial charge in [-0.1, -0.05) is 31.2 Å². The van der Waals surface area contributed by atoms with Gasteiger partial charge in [-0.15, -0.1) is 0 Å². The number of rotatable bonds is 6. The van der Waals surface area contributed by atoms with Crippen LogP contribution in [-0.2, 0) is 16.0 Å². The number of allylic oxidation sites excluding steroid dienone is 1. The smallest absolute Gasteiger partial charge is 0.344 e. The van der Waals surface area contributed by atoms with Crippen LogP contribution < -0.4 is 9.47 Å². The summed E-state index contributed by atoms with van der Waals surface area (Å²) in [5.74, 6) is 0.627. The molecule has 146 valence electrons. The summed E-state index contributed by atoms with van der Waals surface area (Å²) in [7, 11) is 0. The van der Waals surface area contributed by atoms with Gasteiger partial charge in [0.25, 0.3) is 0 Å². The predicted octanol–water partition coefficient (Wildman–Crippen LogP) is 4.50. The first-order valence-electron chi connectivity index (χ1n) is 9.38. The summed E-state index contributed by atoms with van der Waals surface area (Å²) in [6.45, 7) is 7.26. The number of carbonyl (C=O) groups is 2. The van der Waals surface area contributed by atoms with Crippen LogP contribution in [0, 0.1) is 6.92 Å². The van der Waals surface area contributed by atoms with E-state index in [1.807, 2.05) is 24.3 Å². The lowest BCUT2D eigenvalue weighted by atomic mass is 10.0. The summed E-state index contributed by atoms with van der Waals surface area (Å²) in [5.41, 5.74) is 3.30. The van der Waals surface area contributed by atoms with Crippen LogP contribution in [-0.4, -0.2) is 24.5 Å². The van der Waals surface area contributed by atoms with Crippen molar-refractivity contribution in [1.29, 1.82) is 0 Å². The Labute approximate surface area is 164 Å². The van der Waals surface area contributed by atoms with E-state index in [9.17, 15) is 9.59 Å². The normalized spacial score (nSPS) is 14.2. The van der Waals surface area contributed by atoms with Gasteiger partial charge in [0, 0.05) is 5.56 Å². The Morgan fingerprint density at radius 3 is 2.50 bits per heavy atom. The van der Waals surface area contributed by atoms with Crippen molar-refractivity contribution in [3.05, 3.63) is 64.4 Å². The Balaban J connectivity index is 1.78. The molecule has 1 aliphatic heterocycles. The summed E-state index contributed by atoms with van der Waals surface area (Å²) in [5, 5.41) is 0. The number of esters is 1. The standard InChI is InChI=1S/C23H24O5/c1-5-16-6-8-17(9-7-16)12-20-22(25)18-10-11-19(15(4)23(18)28-20)26-13-21(24)27-14(2)3/h6-12,14H,5,13H2,1-4H3/b20-12-. The highest BCUT2D eigenvalue weighted by Crippen LogP contribution is 2.39. The molecule has 0 saturated carbocycles. The Bertz CT molecular complexity index is 923. The third kappa shape index (κ3) is 4.25. The number of benzene rings is 2. The van der Waals surface area contributed by atoms with Crippen LogP contribution in [0.15, 0.2) is 42.2 Å². The number of ketones is 1. The highest BCUT2D eigenvalue weighted by atomic mass is 16.6. The van der Waals surface area contributed by atoms with E-state index >= 15 is 0 Å². The van der Waals surface area contributed by atoms with E-state index in [2.05, 4.69) is 6.92 Å². The number of hydrogen-bond donors (Lipinski definition) is 0. The first kappa shape index (κ1) is 19.7. The zero-order chi connectivity index (χ0) is 20.3. The summed E-state index contributed by atoms with van der Waals surface area (Å²) >= 11 is 0. The Morgan fingerprint density at radius 1 is 1.14 bits per heavy atom. The third-order valence-corrected chi connectivity index (χ3v) is 4.44. The molecule has 0 unspecified atom stereocenters. The second-order valence-corrected chi connectivity index (χ2v) is 6.93. The van der Waals surface area contributed by atoms with Gasteiger partial charge in [-0.2, -0.15) is 0 Å². The number of aryl methyl sites for hydroxylation is 1. The molecular formula is C23H24O5. The SMILES string of the molecule is CCc1ccc(/C=C2\Oc3c(ccc(OCC(=O)OC(C)C)c3C)C2=O)cc1. The van der Waals surface area contributed by atoms with Crippen LogP contribution in [0.1, 0.15) is 47.8 Å². The van der Waals surface area contributed by atoms with Crippen LogP contribution in [0.2, 0.25) is 0 Å². The predicted molar refractivity (Wildman–Crippen MR) is 107 cm³/mol. The van der Waals surface area contributed by atoms with E-state index in [0.717, 1.165) is 12.0 Å². The second-order valence-electron chi connectivity index (χ2n) is 6.93. The first-order chi connectivity index (χ1) is 13.4. The maximum atomic E-state index is 12.7. The summed E-state index contributed by atoms with van der Waals surface area (Å²) in [6, 6.07) is 11.3. The fourth-order valence-electron chi connectivity index (χ4n) is 2.96. The van der Waals surface area contributed by atoms with Crippen molar-refractivity contribution in [2.75, 3.05) is 6.61 Å². The van der Waals surface area contributed by atoms with Gasteiger partial charge in [0.2, 0.25) is 5.78 Å². The molecule has 0 amide bonds. The molecule has 3 rings (SSSR count). The van der Waals surface area contributed by atoms with E-state index in [-0.39, 0.29) is 24.3 Å². The van der Waals surface area contributed by atoms with Crippen molar-refractivity contribution in [1.82, 2.24) is 0 Å². The number of hydrogen-bond acceptors (Lipinski definition) is 5. The van der Waals surface area contributed by atoms with Gasteiger partial charge in [-0.25, -0.2) is 4.79 Å². The molecule has 0 fully saturated rings. The molecular weight excluding hydrogens is 356 g/mol. The van der Waals surface area contributed by atoms with E-state index in [4.69, 9.17) is 14.2 Å². The molecule has 2 aromatic rings. The molecule has 0 saturated heterocycles. The molecule has 0 aliphatic carbocycles. The number of fused-ring (bicyclic) bond motifs is 1. The lowest BCUT2D eigenvalue weighted by Crippen LogP contribution is -2.19. The minimum Gasteiger partial charge on any atom is -0.481 e. The molecule has 0 bridgehead atoms. The van der Waals surface area contributed by atoms with Crippen molar-refractivity contribution >= 4 is 17.8 Å². The maximum Gasteiger partial charge on any atom is 0.344 e. The first-order valence-corrected chi connectivity index (χ1v) is 9.38. The van der Waals surface area contributed by atoms with Crippen molar-refractivity contribution in [2.45, 2.75) is 40.2 Å². The minimum absolute atomic E-state index is 0.163. The molecule has 28 heavy (non-hydrogen) atoms. The van der Waals surface area contributed by atoms with Gasteiger partial charge < -0.3 is 14.2 Å². The molecule has 0 N–H and O–H groups in total. The molecule has 1 heterocycles. The lowest BCUT2D eigenvalue weighted by molar-refractivity contribution is -0.149. The van der Waals surface area contributed by atoms with E-state index in [1.165, 1.54) is 5.56 Å². The molecule has 0 aromatic heterocycles. The van der Waals surface area contributed by atoms with E-state index in [1.54, 1.807) is 39.0 Å². The Kier molecular flexibility index (Phi) is 5.83. The maximum absolute atomic E-state index is 12.7. The molecule has 2 aromatic carbocycles. The monoisotopic (exact) mass is 380 g/mol. The topological polar surface area (TPSA) is 61.8 Å². The zero-order valence-electron chi connectivity index (χ0n) is 16.6. The van der Waals surface area contributed by atoms with Gasteiger partial charge >= 0.3 is 5.97 Å². The van der Waals surface area contributed by atoms with Gasteiger partial charge in [-0.3, -0.25) is 4.79 Å². The molecule has 0 spiro atoms. The fraction of sp³-hybridized carbons (Fsp3) is 0.304. The summed E-state index contributed by atoms with van der Waals surface area (Å²) in [4.78, 5) is 24.4. The van der Waals surface area contributed by atoms with Crippen molar-refractivity contribution in [2.24, 2.45) is 0 Å². The third-order valence-electron chi connectivity index (χ3n) is 4.44. The van der Waals surface area contributed by atoms with Crippen LogP contribution in [0.3, 0.4) is 0 Å². The highest BCUT2D eigenvalue weighted by Gasteiger charge is 2.30. The average Bonchev–Trinajstić information content (AvgIpc) is 2.98. The quantitative estimate of drug-likeness (QED) is 0.545. The summed E-state index contributed by atoms with van der Waals surface area (Å²) < 4.78 is 16.5. The van der Waals surface area contributed by atoms with Gasteiger partial charge in [-0.05, 0) is 56.5 Å². The van der Waals surface area contributed by atoms with E-state index in [0.29, 0.717) is 22.6 Å². The average molecular weight is 380 g/mol. The van der Waals surface area contributed by atoms with Gasteiger partial charge in [0.1, 0.15) is 11.5 Å². The zero-order valence-corrected chi connectivity index (χ0v) is 16.6. The molecule has 1 aliphatic rings. The fourth-order valence-corrected chi connectivity index (χ4v) is 2.96. The second kappa shape index (κ2) is 8.30.